The summed E-state index contributed by atoms with van der Waals surface area (Å²) in [5, 5.41) is 5.60. The zero-order valence-electron chi connectivity index (χ0n) is 14.8. The van der Waals surface area contributed by atoms with E-state index in [2.05, 4.69) is 10.6 Å². The largest absolute Gasteiger partial charge is 0.496 e. The van der Waals surface area contributed by atoms with Gasteiger partial charge in [0.05, 0.1) is 14.2 Å². The lowest BCUT2D eigenvalue weighted by atomic mass is 10.1. The molecule has 0 aliphatic carbocycles. The number of amides is 2. The number of carbonyl (C=O) groups excluding carboxylic acids is 2. The van der Waals surface area contributed by atoms with Gasteiger partial charge in [0.15, 0.2) is 0 Å². The summed E-state index contributed by atoms with van der Waals surface area (Å²) in [6.45, 7) is 3.65. The van der Waals surface area contributed by atoms with E-state index in [1.807, 2.05) is 13.8 Å². The van der Waals surface area contributed by atoms with Crippen LogP contribution in [0.25, 0.3) is 0 Å². The van der Waals surface area contributed by atoms with Gasteiger partial charge >= 0.3 is 0 Å². The number of benzene rings is 2. The van der Waals surface area contributed by atoms with Crippen molar-refractivity contribution < 1.29 is 19.1 Å². The molecule has 0 saturated carbocycles. The molecule has 2 aromatic carbocycles. The van der Waals surface area contributed by atoms with Gasteiger partial charge in [-0.3, -0.25) is 9.59 Å². The topological polar surface area (TPSA) is 76.7 Å². The molecule has 0 aromatic heterocycles. The molecule has 132 valence electrons. The van der Waals surface area contributed by atoms with Gasteiger partial charge in [-0.15, -0.1) is 0 Å². The lowest BCUT2D eigenvalue weighted by molar-refractivity contribution is -0.118. The Kier molecular flexibility index (Phi) is 6.00. The van der Waals surface area contributed by atoms with Crippen molar-refractivity contribution in [2.75, 3.05) is 24.9 Å². The predicted octanol–water partition coefficient (Wildman–Crippen LogP) is 3.55. The van der Waals surface area contributed by atoms with Crippen molar-refractivity contribution in [3.63, 3.8) is 0 Å². The summed E-state index contributed by atoms with van der Waals surface area (Å²) < 4.78 is 10.5. The maximum absolute atomic E-state index is 12.6. The minimum Gasteiger partial charge on any atom is -0.496 e. The highest BCUT2D eigenvalue weighted by atomic mass is 16.5. The summed E-state index contributed by atoms with van der Waals surface area (Å²) in [5.74, 6) is 0.358. The van der Waals surface area contributed by atoms with E-state index in [9.17, 15) is 9.59 Å². The molecule has 0 radical (unpaired) electrons. The molecule has 0 atom stereocenters. The Morgan fingerprint density at radius 3 is 1.76 bits per heavy atom. The van der Waals surface area contributed by atoms with Crippen LogP contribution in [-0.4, -0.2) is 26.0 Å². The predicted molar refractivity (Wildman–Crippen MR) is 97.4 cm³/mol. The van der Waals surface area contributed by atoms with E-state index < -0.39 is 0 Å². The summed E-state index contributed by atoms with van der Waals surface area (Å²) in [4.78, 5) is 24.3. The Morgan fingerprint density at radius 1 is 0.840 bits per heavy atom. The molecule has 0 fully saturated rings. The molecule has 6 heteroatoms. The first-order valence-electron chi connectivity index (χ1n) is 7.89. The summed E-state index contributed by atoms with van der Waals surface area (Å²) in [7, 11) is 3.00. The molecule has 2 aromatic rings. The van der Waals surface area contributed by atoms with E-state index in [-0.39, 0.29) is 17.7 Å². The van der Waals surface area contributed by atoms with Crippen molar-refractivity contribution in [3.05, 3.63) is 48.0 Å². The molecule has 2 N–H and O–H groups in total. The highest BCUT2D eigenvalue weighted by Crippen LogP contribution is 2.29. The number of carbonyl (C=O) groups is 2. The maximum atomic E-state index is 12.6. The number of nitrogens with one attached hydrogen (secondary N) is 2. The zero-order valence-corrected chi connectivity index (χ0v) is 14.8. The van der Waals surface area contributed by atoms with E-state index in [1.165, 1.54) is 14.2 Å². The lowest BCUT2D eigenvalue weighted by Gasteiger charge is -2.13. The van der Waals surface area contributed by atoms with Crippen LogP contribution in [0.3, 0.4) is 0 Å². The molecule has 25 heavy (non-hydrogen) atoms. The third-order valence-corrected chi connectivity index (χ3v) is 3.59. The quantitative estimate of drug-likeness (QED) is 0.842. The van der Waals surface area contributed by atoms with Crippen LogP contribution in [0, 0.1) is 5.92 Å². The van der Waals surface area contributed by atoms with Gasteiger partial charge in [-0.05, 0) is 36.4 Å². The molecule has 0 unspecified atom stereocenters. The van der Waals surface area contributed by atoms with Crippen LogP contribution in [0.1, 0.15) is 24.2 Å². The Hall–Kier alpha value is -3.02. The second kappa shape index (κ2) is 8.19. The fraction of sp³-hybridized carbons (Fsp3) is 0.263. The molecular weight excluding hydrogens is 320 g/mol. The Balaban J connectivity index is 2.15. The standard InChI is InChI=1S/C19H22N2O4/c1-12(2)18(22)20-13-8-10-14(11-9-13)21-19(23)17-15(24-3)6-5-7-16(17)25-4/h5-12H,1-4H3,(H,20,22)(H,21,23). The number of hydrogen-bond donors (Lipinski definition) is 2. The third kappa shape index (κ3) is 4.50. The number of hydrogen-bond acceptors (Lipinski definition) is 4. The molecule has 0 bridgehead atoms. The Bertz CT molecular complexity index is 732. The molecule has 0 aliphatic heterocycles. The average molecular weight is 342 g/mol. The number of anilines is 2. The molecule has 2 rings (SSSR count). The summed E-state index contributed by atoms with van der Waals surface area (Å²) in [5.41, 5.74) is 1.59. The maximum Gasteiger partial charge on any atom is 0.263 e. The summed E-state index contributed by atoms with van der Waals surface area (Å²) >= 11 is 0. The fourth-order valence-electron chi connectivity index (χ4n) is 2.19. The smallest absolute Gasteiger partial charge is 0.263 e. The zero-order chi connectivity index (χ0) is 18.4. The van der Waals surface area contributed by atoms with Gasteiger partial charge in [-0.1, -0.05) is 19.9 Å². The highest BCUT2D eigenvalue weighted by Gasteiger charge is 2.18. The summed E-state index contributed by atoms with van der Waals surface area (Å²) in [6, 6.07) is 12.0. The summed E-state index contributed by atoms with van der Waals surface area (Å²) in [6.07, 6.45) is 0. The monoisotopic (exact) mass is 342 g/mol. The van der Waals surface area contributed by atoms with Crippen molar-refractivity contribution in [2.45, 2.75) is 13.8 Å². The normalized spacial score (nSPS) is 10.3. The fourth-order valence-corrected chi connectivity index (χ4v) is 2.19. The van der Waals surface area contributed by atoms with Gasteiger partial charge < -0.3 is 20.1 Å². The third-order valence-electron chi connectivity index (χ3n) is 3.59. The highest BCUT2D eigenvalue weighted by molar-refractivity contribution is 6.08. The van der Waals surface area contributed by atoms with Crippen molar-refractivity contribution in [3.8, 4) is 11.5 Å². The SMILES string of the molecule is COc1cccc(OC)c1C(=O)Nc1ccc(NC(=O)C(C)C)cc1. The van der Waals surface area contributed by atoms with Crippen molar-refractivity contribution >= 4 is 23.2 Å². The first-order chi connectivity index (χ1) is 12.0. The number of rotatable bonds is 6. The van der Waals surface area contributed by atoms with Gasteiger partial charge in [-0.2, -0.15) is 0 Å². The van der Waals surface area contributed by atoms with Crippen LogP contribution in [0.2, 0.25) is 0 Å². The van der Waals surface area contributed by atoms with Gasteiger partial charge in [0.25, 0.3) is 5.91 Å². The van der Waals surface area contributed by atoms with Gasteiger partial charge in [0.2, 0.25) is 5.91 Å². The minimum atomic E-state index is -0.340. The van der Waals surface area contributed by atoms with Crippen LogP contribution in [0.15, 0.2) is 42.5 Å². The molecule has 0 heterocycles. The van der Waals surface area contributed by atoms with E-state index in [0.717, 1.165) is 0 Å². The van der Waals surface area contributed by atoms with E-state index in [4.69, 9.17) is 9.47 Å². The van der Waals surface area contributed by atoms with Crippen LogP contribution >= 0.6 is 0 Å². The number of methoxy groups -OCH3 is 2. The lowest BCUT2D eigenvalue weighted by Crippen LogP contribution is -2.18. The molecule has 2 amide bonds. The Labute approximate surface area is 147 Å². The van der Waals surface area contributed by atoms with Crippen LogP contribution in [-0.2, 0) is 4.79 Å². The first kappa shape index (κ1) is 18.3. The molecular formula is C19H22N2O4. The average Bonchev–Trinajstić information content (AvgIpc) is 2.62. The second-order valence-corrected chi connectivity index (χ2v) is 5.71. The Morgan fingerprint density at radius 2 is 1.32 bits per heavy atom. The first-order valence-corrected chi connectivity index (χ1v) is 7.89. The van der Waals surface area contributed by atoms with Gasteiger partial charge in [0, 0.05) is 17.3 Å². The van der Waals surface area contributed by atoms with Crippen LogP contribution in [0.4, 0.5) is 11.4 Å². The second-order valence-electron chi connectivity index (χ2n) is 5.71. The molecule has 0 spiro atoms. The van der Waals surface area contributed by atoms with Crippen LogP contribution < -0.4 is 20.1 Å². The van der Waals surface area contributed by atoms with Crippen LogP contribution in [0.5, 0.6) is 11.5 Å². The van der Waals surface area contributed by atoms with E-state index in [1.54, 1.807) is 42.5 Å². The minimum absolute atomic E-state index is 0.0597. The van der Waals surface area contributed by atoms with Gasteiger partial charge in [-0.25, -0.2) is 0 Å². The molecule has 0 aliphatic rings. The van der Waals surface area contributed by atoms with E-state index in [0.29, 0.717) is 28.4 Å². The van der Waals surface area contributed by atoms with E-state index >= 15 is 0 Å². The molecule has 6 nitrogen and oxygen atoms in total. The number of ether oxygens (including phenoxy) is 2. The van der Waals surface area contributed by atoms with Crippen molar-refractivity contribution in [1.29, 1.82) is 0 Å². The van der Waals surface area contributed by atoms with Crippen molar-refractivity contribution in [2.24, 2.45) is 5.92 Å². The molecule has 0 saturated heterocycles. The van der Waals surface area contributed by atoms with Crippen molar-refractivity contribution in [1.82, 2.24) is 0 Å². The van der Waals surface area contributed by atoms with Gasteiger partial charge in [0.1, 0.15) is 17.1 Å².